The molecule has 4 heteroatoms. The number of carbonyl (C=O) groups excluding carboxylic acids is 1. The van der Waals surface area contributed by atoms with Crippen LogP contribution >= 0.6 is 0 Å². The van der Waals surface area contributed by atoms with Crippen molar-refractivity contribution in [3.63, 3.8) is 0 Å². The molecule has 0 aliphatic rings. The van der Waals surface area contributed by atoms with Gasteiger partial charge in [-0.25, -0.2) is 0 Å². The second kappa shape index (κ2) is 7.21. The first kappa shape index (κ1) is 11.6. The molecule has 2 N–H and O–H groups in total. The van der Waals surface area contributed by atoms with Crippen LogP contribution in [0.3, 0.4) is 0 Å². The van der Waals surface area contributed by atoms with Crippen molar-refractivity contribution in [3.8, 4) is 0 Å². The van der Waals surface area contributed by atoms with Gasteiger partial charge in [-0.15, -0.1) is 0 Å². The highest BCUT2D eigenvalue weighted by molar-refractivity contribution is 5.80. The lowest BCUT2D eigenvalue weighted by molar-refractivity contribution is -0.120. The number of rotatable bonds is 7. The number of hydrogen-bond acceptors (Lipinski definition) is 4. The molecule has 0 aromatic rings. The average molecular weight is 175 g/mol. The molecule has 0 fully saturated rings. The summed E-state index contributed by atoms with van der Waals surface area (Å²) in [5.74, 6) is 0.136. The second-order valence-corrected chi connectivity index (χ2v) is 2.62. The van der Waals surface area contributed by atoms with Crippen molar-refractivity contribution < 1.29 is 15.0 Å². The highest BCUT2D eigenvalue weighted by atomic mass is 16.3. The smallest absolute Gasteiger partial charge is 0.146 e. The zero-order valence-corrected chi connectivity index (χ0v) is 7.49. The number of hydrogen-bond donors (Lipinski definition) is 2. The molecule has 0 radical (unpaired) electrons. The van der Waals surface area contributed by atoms with Gasteiger partial charge in [0.15, 0.2) is 0 Å². The van der Waals surface area contributed by atoms with Gasteiger partial charge in [0.05, 0.1) is 19.8 Å². The molecule has 0 spiro atoms. The monoisotopic (exact) mass is 175 g/mol. The first-order valence-corrected chi connectivity index (χ1v) is 4.20. The third-order valence-corrected chi connectivity index (χ3v) is 1.63. The number of aliphatic hydroxyl groups is 2. The molecule has 0 aliphatic carbocycles. The molecule has 0 unspecified atom stereocenters. The van der Waals surface area contributed by atoms with Crippen molar-refractivity contribution in [1.82, 2.24) is 4.90 Å². The Morgan fingerprint density at radius 3 is 2.08 bits per heavy atom. The van der Waals surface area contributed by atoms with Crippen LogP contribution < -0.4 is 0 Å². The van der Waals surface area contributed by atoms with Crippen LogP contribution in [0.15, 0.2) is 0 Å². The summed E-state index contributed by atoms with van der Waals surface area (Å²) in [4.78, 5) is 12.7. The van der Waals surface area contributed by atoms with Crippen LogP contribution in [-0.2, 0) is 4.79 Å². The van der Waals surface area contributed by atoms with Crippen molar-refractivity contribution in [3.05, 3.63) is 0 Å². The highest BCUT2D eigenvalue weighted by Crippen LogP contribution is 1.90. The van der Waals surface area contributed by atoms with Gasteiger partial charge in [-0.3, -0.25) is 9.69 Å². The molecule has 0 atom stereocenters. The summed E-state index contributed by atoms with van der Waals surface area (Å²) in [6.07, 6.45) is 0.507. The molecule has 0 rings (SSSR count). The van der Waals surface area contributed by atoms with Gasteiger partial charge in [-0.1, -0.05) is 6.92 Å². The molecule has 0 saturated heterocycles. The highest BCUT2D eigenvalue weighted by Gasteiger charge is 2.07. The standard InChI is InChI=1S/C8H17NO3/c1-2-8(12)7-9(3-5-10)4-6-11/h10-11H,2-7H2,1H3. The van der Waals surface area contributed by atoms with E-state index in [2.05, 4.69) is 0 Å². The van der Waals surface area contributed by atoms with Crippen molar-refractivity contribution in [2.24, 2.45) is 0 Å². The minimum atomic E-state index is 0.0248. The first-order chi connectivity index (χ1) is 5.74. The first-order valence-electron chi connectivity index (χ1n) is 4.20. The van der Waals surface area contributed by atoms with E-state index < -0.39 is 0 Å². The van der Waals surface area contributed by atoms with Gasteiger partial charge < -0.3 is 10.2 Å². The van der Waals surface area contributed by atoms with E-state index >= 15 is 0 Å². The Morgan fingerprint density at radius 2 is 1.75 bits per heavy atom. The predicted molar refractivity (Wildman–Crippen MR) is 45.9 cm³/mol. The van der Waals surface area contributed by atoms with E-state index in [4.69, 9.17) is 10.2 Å². The predicted octanol–water partition coefficient (Wildman–Crippen LogP) is -0.748. The number of ketones is 1. The summed E-state index contributed by atoms with van der Waals surface area (Å²) in [5.41, 5.74) is 0. The summed E-state index contributed by atoms with van der Waals surface area (Å²) in [6.45, 7) is 3.09. The quantitative estimate of drug-likeness (QED) is 0.534. The summed E-state index contributed by atoms with van der Waals surface area (Å²) >= 11 is 0. The summed E-state index contributed by atoms with van der Waals surface area (Å²) in [6, 6.07) is 0. The van der Waals surface area contributed by atoms with Crippen LogP contribution in [0.5, 0.6) is 0 Å². The van der Waals surface area contributed by atoms with E-state index in [0.29, 0.717) is 26.1 Å². The molecular formula is C8H17NO3. The maximum absolute atomic E-state index is 11.0. The maximum Gasteiger partial charge on any atom is 0.146 e. The molecule has 4 nitrogen and oxygen atoms in total. The van der Waals surface area contributed by atoms with E-state index in [1.807, 2.05) is 0 Å². The van der Waals surface area contributed by atoms with Gasteiger partial charge in [-0.05, 0) is 0 Å². The van der Waals surface area contributed by atoms with Crippen LogP contribution in [0.1, 0.15) is 13.3 Å². The fourth-order valence-corrected chi connectivity index (χ4v) is 0.914. The molecule has 0 amide bonds. The minimum Gasteiger partial charge on any atom is -0.395 e. The lowest BCUT2D eigenvalue weighted by Crippen LogP contribution is -2.34. The zero-order chi connectivity index (χ0) is 9.40. The van der Waals surface area contributed by atoms with E-state index in [1.165, 1.54) is 0 Å². The van der Waals surface area contributed by atoms with Crippen molar-refractivity contribution in [2.75, 3.05) is 32.8 Å². The molecule has 12 heavy (non-hydrogen) atoms. The van der Waals surface area contributed by atoms with Gasteiger partial charge in [0.25, 0.3) is 0 Å². The Balaban J connectivity index is 3.68. The van der Waals surface area contributed by atoms with E-state index in [1.54, 1.807) is 11.8 Å². The number of aliphatic hydroxyl groups excluding tert-OH is 2. The maximum atomic E-state index is 11.0. The lowest BCUT2D eigenvalue weighted by Gasteiger charge is -2.18. The number of nitrogens with zero attached hydrogens (tertiary/aromatic N) is 1. The van der Waals surface area contributed by atoms with E-state index in [0.717, 1.165) is 0 Å². The van der Waals surface area contributed by atoms with Gasteiger partial charge in [0, 0.05) is 19.5 Å². The average Bonchev–Trinajstić information content (AvgIpc) is 2.05. The molecule has 0 aliphatic heterocycles. The Morgan fingerprint density at radius 1 is 1.25 bits per heavy atom. The Hall–Kier alpha value is -0.450. The Kier molecular flexibility index (Phi) is 6.94. The molecular weight excluding hydrogens is 158 g/mol. The van der Waals surface area contributed by atoms with Crippen molar-refractivity contribution in [2.45, 2.75) is 13.3 Å². The molecule has 0 aromatic carbocycles. The Bertz CT molecular complexity index is 121. The van der Waals surface area contributed by atoms with E-state index in [-0.39, 0.29) is 19.0 Å². The van der Waals surface area contributed by atoms with Crippen LogP contribution in [0.2, 0.25) is 0 Å². The van der Waals surface area contributed by atoms with Crippen LogP contribution in [0.25, 0.3) is 0 Å². The van der Waals surface area contributed by atoms with Gasteiger partial charge in [0.1, 0.15) is 5.78 Å². The van der Waals surface area contributed by atoms with Gasteiger partial charge in [0.2, 0.25) is 0 Å². The van der Waals surface area contributed by atoms with Crippen molar-refractivity contribution in [1.29, 1.82) is 0 Å². The van der Waals surface area contributed by atoms with E-state index in [9.17, 15) is 4.79 Å². The number of Topliss-reactive ketones (excluding diaryl/α,β-unsaturated/α-hetero) is 1. The van der Waals surface area contributed by atoms with Gasteiger partial charge >= 0.3 is 0 Å². The zero-order valence-electron chi connectivity index (χ0n) is 7.49. The topological polar surface area (TPSA) is 60.8 Å². The molecule has 0 aromatic heterocycles. The molecule has 72 valence electrons. The van der Waals surface area contributed by atoms with Crippen LogP contribution in [0.4, 0.5) is 0 Å². The minimum absolute atomic E-state index is 0.0248. The molecule has 0 heterocycles. The molecule has 0 saturated carbocycles. The normalized spacial score (nSPS) is 10.7. The fourth-order valence-electron chi connectivity index (χ4n) is 0.914. The third-order valence-electron chi connectivity index (χ3n) is 1.63. The third kappa shape index (κ3) is 5.23. The summed E-state index contributed by atoms with van der Waals surface area (Å²) in [7, 11) is 0. The lowest BCUT2D eigenvalue weighted by atomic mass is 10.3. The van der Waals surface area contributed by atoms with Gasteiger partial charge in [-0.2, -0.15) is 0 Å². The Labute approximate surface area is 72.8 Å². The summed E-state index contributed by atoms with van der Waals surface area (Å²) in [5, 5.41) is 17.2. The number of carbonyl (C=O) groups is 1. The molecule has 0 bridgehead atoms. The van der Waals surface area contributed by atoms with Crippen molar-refractivity contribution >= 4 is 5.78 Å². The summed E-state index contributed by atoms with van der Waals surface area (Å²) < 4.78 is 0. The van der Waals surface area contributed by atoms with Crippen LogP contribution in [0, 0.1) is 0 Å². The fraction of sp³-hybridized carbons (Fsp3) is 0.875. The SMILES string of the molecule is CCC(=O)CN(CCO)CCO. The van der Waals surface area contributed by atoms with Crippen LogP contribution in [-0.4, -0.2) is 53.7 Å². The second-order valence-electron chi connectivity index (χ2n) is 2.62. The largest absolute Gasteiger partial charge is 0.395 e.